The van der Waals surface area contributed by atoms with Crippen molar-refractivity contribution in [1.82, 2.24) is 10.2 Å². The van der Waals surface area contributed by atoms with Gasteiger partial charge in [-0.3, -0.25) is 9.59 Å². The Hall–Kier alpha value is -2.68. The average Bonchev–Trinajstić information content (AvgIpc) is 2.90. The fourth-order valence-electron chi connectivity index (χ4n) is 2.28. The molecular weight excluding hydrogens is 296 g/mol. The third kappa shape index (κ3) is 4.65. The van der Waals surface area contributed by atoms with Gasteiger partial charge >= 0.3 is 0 Å². The largest absolute Gasteiger partial charge is 0.493 e. The molecule has 0 bridgehead atoms. The zero-order valence-corrected chi connectivity index (χ0v) is 13.3. The van der Waals surface area contributed by atoms with E-state index in [4.69, 9.17) is 9.47 Å². The Morgan fingerprint density at radius 3 is 2.74 bits per heavy atom. The maximum Gasteiger partial charge on any atom is 0.226 e. The molecule has 0 saturated carbocycles. The first-order valence-corrected chi connectivity index (χ1v) is 7.35. The van der Waals surface area contributed by atoms with Crippen molar-refractivity contribution in [3.63, 3.8) is 0 Å². The van der Waals surface area contributed by atoms with E-state index >= 15 is 0 Å². The van der Waals surface area contributed by atoms with Crippen LogP contribution in [0.1, 0.15) is 6.42 Å². The number of benzene rings is 1. The molecule has 1 aromatic rings. The van der Waals surface area contributed by atoms with Crippen molar-refractivity contribution in [3.05, 3.63) is 24.3 Å². The van der Waals surface area contributed by atoms with Crippen LogP contribution < -0.4 is 14.8 Å². The van der Waals surface area contributed by atoms with Crippen molar-refractivity contribution in [2.45, 2.75) is 6.42 Å². The van der Waals surface area contributed by atoms with Gasteiger partial charge in [0.25, 0.3) is 0 Å². The number of ether oxygens (including phenoxy) is 2. The third-order valence-electron chi connectivity index (χ3n) is 3.56. The summed E-state index contributed by atoms with van der Waals surface area (Å²) in [5.74, 6) is 6.52. The fraction of sp³-hybridized carbons (Fsp3) is 0.412. The van der Waals surface area contributed by atoms with Crippen molar-refractivity contribution in [1.29, 1.82) is 0 Å². The Morgan fingerprint density at radius 1 is 1.35 bits per heavy atom. The number of hydrogen-bond acceptors (Lipinski definition) is 4. The van der Waals surface area contributed by atoms with E-state index in [0.717, 1.165) is 0 Å². The van der Waals surface area contributed by atoms with E-state index in [1.54, 1.807) is 25.1 Å². The number of likely N-dealkylation sites (tertiary alicyclic amines) is 1. The van der Waals surface area contributed by atoms with Crippen molar-refractivity contribution >= 4 is 11.8 Å². The van der Waals surface area contributed by atoms with E-state index in [-0.39, 0.29) is 37.3 Å². The highest BCUT2D eigenvalue weighted by Crippen LogP contribution is 2.25. The number of methoxy groups -OCH3 is 1. The Bertz CT molecular complexity index is 633. The molecule has 23 heavy (non-hydrogen) atoms. The minimum atomic E-state index is -0.279. The van der Waals surface area contributed by atoms with E-state index in [2.05, 4.69) is 17.2 Å². The Kier molecular flexibility index (Phi) is 5.87. The van der Waals surface area contributed by atoms with Gasteiger partial charge in [0.05, 0.1) is 19.6 Å². The number of para-hydroxylation sites is 2. The molecule has 0 unspecified atom stereocenters. The Morgan fingerprint density at radius 2 is 2.09 bits per heavy atom. The summed E-state index contributed by atoms with van der Waals surface area (Å²) in [7, 11) is 3.28. The summed E-state index contributed by atoms with van der Waals surface area (Å²) >= 11 is 0. The van der Waals surface area contributed by atoms with E-state index in [1.165, 1.54) is 0 Å². The van der Waals surface area contributed by atoms with Gasteiger partial charge in [0.2, 0.25) is 11.8 Å². The molecule has 1 atom stereocenters. The summed E-state index contributed by atoms with van der Waals surface area (Å²) in [5.41, 5.74) is 0. The number of nitrogens with one attached hydrogen (secondary N) is 1. The van der Waals surface area contributed by atoms with Crippen LogP contribution in [0, 0.1) is 17.8 Å². The number of carbonyl (C=O) groups excluding carboxylic acids is 2. The molecule has 0 spiro atoms. The van der Waals surface area contributed by atoms with Gasteiger partial charge in [-0.15, -0.1) is 0 Å². The predicted molar refractivity (Wildman–Crippen MR) is 85.0 cm³/mol. The van der Waals surface area contributed by atoms with E-state index in [9.17, 15) is 9.59 Å². The summed E-state index contributed by atoms with van der Waals surface area (Å²) in [6.07, 6.45) is 0.271. The number of hydrogen-bond donors (Lipinski definition) is 1. The molecule has 1 heterocycles. The average molecular weight is 316 g/mol. The molecule has 0 aliphatic carbocycles. The van der Waals surface area contributed by atoms with Crippen LogP contribution in [-0.4, -0.2) is 50.6 Å². The molecule has 0 aromatic heterocycles. The molecule has 1 aromatic carbocycles. The molecule has 1 saturated heterocycles. The second-order valence-corrected chi connectivity index (χ2v) is 5.19. The standard InChI is InChI=1S/C17H20N2O4/c1-19-12-13(11-16(19)20)17(21)18-9-5-6-10-23-15-8-4-3-7-14(15)22-2/h3-4,7-8,13H,9-12H2,1-2H3,(H,18,21)/t13-/m1/s1. The van der Waals surface area contributed by atoms with Crippen molar-refractivity contribution < 1.29 is 19.1 Å². The first-order valence-electron chi connectivity index (χ1n) is 7.35. The number of carbonyl (C=O) groups is 2. The fourth-order valence-corrected chi connectivity index (χ4v) is 2.28. The Labute approximate surface area is 135 Å². The second kappa shape index (κ2) is 8.08. The summed E-state index contributed by atoms with van der Waals surface area (Å²) in [6, 6.07) is 7.32. The second-order valence-electron chi connectivity index (χ2n) is 5.19. The van der Waals surface area contributed by atoms with Crippen LogP contribution in [0.5, 0.6) is 11.5 Å². The van der Waals surface area contributed by atoms with E-state index in [0.29, 0.717) is 18.0 Å². The third-order valence-corrected chi connectivity index (χ3v) is 3.56. The maximum absolute atomic E-state index is 11.9. The lowest BCUT2D eigenvalue weighted by Crippen LogP contribution is -2.32. The number of amides is 2. The van der Waals surface area contributed by atoms with E-state index < -0.39 is 0 Å². The molecule has 1 aliphatic heterocycles. The van der Waals surface area contributed by atoms with Crippen molar-refractivity contribution in [2.75, 3.05) is 33.9 Å². The number of nitrogens with zero attached hydrogens (tertiary/aromatic N) is 1. The molecule has 1 fully saturated rings. The maximum atomic E-state index is 11.9. The topological polar surface area (TPSA) is 67.9 Å². The zero-order valence-electron chi connectivity index (χ0n) is 13.3. The minimum absolute atomic E-state index is 0.00134. The lowest BCUT2D eigenvalue weighted by molar-refractivity contribution is -0.128. The summed E-state index contributed by atoms with van der Waals surface area (Å²) < 4.78 is 10.7. The van der Waals surface area contributed by atoms with Gasteiger partial charge in [0.15, 0.2) is 11.5 Å². The van der Waals surface area contributed by atoms with Crippen LogP contribution in [0.3, 0.4) is 0 Å². The van der Waals surface area contributed by atoms with Crippen LogP contribution in [0.2, 0.25) is 0 Å². The van der Waals surface area contributed by atoms with Gasteiger partial charge < -0.3 is 19.7 Å². The summed E-state index contributed by atoms with van der Waals surface area (Å²) in [5, 5.41) is 2.72. The van der Waals surface area contributed by atoms with Crippen LogP contribution in [0.15, 0.2) is 24.3 Å². The monoisotopic (exact) mass is 316 g/mol. The van der Waals surface area contributed by atoms with Gasteiger partial charge in [0, 0.05) is 20.0 Å². The molecule has 1 aliphatic rings. The van der Waals surface area contributed by atoms with Gasteiger partial charge in [-0.1, -0.05) is 24.0 Å². The highest BCUT2D eigenvalue weighted by atomic mass is 16.5. The molecule has 1 N–H and O–H groups in total. The van der Waals surface area contributed by atoms with Crippen molar-refractivity contribution in [2.24, 2.45) is 5.92 Å². The molecule has 6 heteroatoms. The normalized spacial score (nSPS) is 16.5. The van der Waals surface area contributed by atoms with Crippen LogP contribution in [0.25, 0.3) is 0 Å². The lowest BCUT2D eigenvalue weighted by Gasteiger charge is -2.09. The molecular formula is C17H20N2O4. The smallest absolute Gasteiger partial charge is 0.226 e. The van der Waals surface area contributed by atoms with Gasteiger partial charge in [-0.2, -0.15) is 0 Å². The lowest BCUT2D eigenvalue weighted by atomic mass is 10.1. The van der Waals surface area contributed by atoms with E-state index in [1.807, 2.05) is 18.2 Å². The Balaban J connectivity index is 1.70. The van der Waals surface area contributed by atoms with Gasteiger partial charge in [-0.25, -0.2) is 0 Å². The zero-order chi connectivity index (χ0) is 16.7. The molecule has 2 amide bonds. The van der Waals surface area contributed by atoms with Gasteiger partial charge in [0.1, 0.15) is 6.61 Å². The van der Waals surface area contributed by atoms with Crippen molar-refractivity contribution in [3.8, 4) is 23.3 Å². The predicted octanol–water partition coefficient (Wildman–Crippen LogP) is 0.672. The first kappa shape index (κ1) is 16.7. The van der Waals surface area contributed by atoms with Crippen LogP contribution >= 0.6 is 0 Å². The molecule has 0 radical (unpaired) electrons. The first-order chi connectivity index (χ1) is 11.1. The van der Waals surface area contributed by atoms with Crippen LogP contribution in [-0.2, 0) is 9.59 Å². The SMILES string of the molecule is COc1ccccc1OCC#CCNC(=O)[C@@H]1CC(=O)N(C)C1. The highest BCUT2D eigenvalue weighted by Gasteiger charge is 2.31. The molecule has 6 nitrogen and oxygen atoms in total. The summed E-state index contributed by atoms with van der Waals surface area (Å²) in [6.45, 7) is 0.915. The van der Waals surface area contributed by atoms with Gasteiger partial charge in [-0.05, 0) is 12.1 Å². The van der Waals surface area contributed by atoms with Crippen LogP contribution in [0.4, 0.5) is 0 Å². The quantitative estimate of drug-likeness (QED) is 0.811. The molecule has 2 rings (SSSR count). The minimum Gasteiger partial charge on any atom is -0.493 e. The highest BCUT2D eigenvalue weighted by molar-refractivity contribution is 5.89. The number of rotatable bonds is 5. The molecule has 122 valence electrons. The summed E-state index contributed by atoms with van der Waals surface area (Å²) in [4.78, 5) is 24.8.